The fraction of sp³-hybridized carbons (Fsp3) is 0.833. The van der Waals surface area contributed by atoms with Crippen molar-refractivity contribution < 1.29 is 0 Å². The number of nitrogens with zero attached hydrogens (tertiary/aromatic N) is 5. The van der Waals surface area contributed by atoms with Gasteiger partial charge in [-0.15, -0.1) is 0 Å². The van der Waals surface area contributed by atoms with E-state index in [1.54, 1.807) is 11.7 Å². The lowest BCUT2D eigenvalue weighted by Crippen LogP contribution is -2.36. The van der Waals surface area contributed by atoms with E-state index in [4.69, 9.17) is 5.73 Å². The number of tetrazole rings is 1. The molecule has 0 amide bonds. The summed E-state index contributed by atoms with van der Waals surface area (Å²) in [4.78, 5) is 1.94. The van der Waals surface area contributed by atoms with E-state index in [0.717, 1.165) is 5.95 Å². The van der Waals surface area contributed by atoms with Crippen LogP contribution in [0, 0.1) is 0 Å². The van der Waals surface area contributed by atoms with Gasteiger partial charge < -0.3 is 10.6 Å². The number of hydrogen-bond donors (Lipinski definition) is 1. The highest BCUT2D eigenvalue weighted by Crippen LogP contribution is 2.06. The first-order chi connectivity index (χ1) is 5.66. The summed E-state index contributed by atoms with van der Waals surface area (Å²) in [6.07, 6.45) is 0. The Morgan fingerprint density at radius 2 is 2.33 bits per heavy atom. The van der Waals surface area contributed by atoms with Crippen molar-refractivity contribution in [1.82, 2.24) is 20.2 Å². The molecule has 68 valence electrons. The van der Waals surface area contributed by atoms with Crippen LogP contribution in [0.4, 0.5) is 5.95 Å². The second-order valence-electron chi connectivity index (χ2n) is 2.80. The molecule has 0 saturated carbocycles. The van der Waals surface area contributed by atoms with Crippen LogP contribution in [-0.2, 0) is 7.05 Å². The van der Waals surface area contributed by atoms with Gasteiger partial charge in [0.2, 0.25) is 5.95 Å². The van der Waals surface area contributed by atoms with Crippen molar-refractivity contribution in [2.24, 2.45) is 12.8 Å². The van der Waals surface area contributed by atoms with Crippen molar-refractivity contribution in [3.8, 4) is 0 Å². The van der Waals surface area contributed by atoms with Crippen molar-refractivity contribution in [2.75, 3.05) is 18.5 Å². The first kappa shape index (κ1) is 8.92. The maximum atomic E-state index is 5.51. The van der Waals surface area contributed by atoms with Gasteiger partial charge in [-0.2, -0.15) is 0 Å². The molecule has 6 heteroatoms. The third-order valence-corrected chi connectivity index (χ3v) is 1.92. The highest BCUT2D eigenvalue weighted by molar-refractivity contribution is 5.27. The van der Waals surface area contributed by atoms with Gasteiger partial charge in [0.05, 0.1) is 0 Å². The zero-order chi connectivity index (χ0) is 9.14. The van der Waals surface area contributed by atoms with E-state index in [1.165, 1.54) is 0 Å². The third-order valence-electron chi connectivity index (χ3n) is 1.92. The summed E-state index contributed by atoms with van der Waals surface area (Å²) in [5, 5.41) is 11.1. The molecule has 1 aromatic heterocycles. The summed E-state index contributed by atoms with van der Waals surface area (Å²) in [6, 6.07) is 0.245. The van der Waals surface area contributed by atoms with Gasteiger partial charge in [-0.3, -0.25) is 0 Å². The van der Waals surface area contributed by atoms with Crippen molar-refractivity contribution in [1.29, 1.82) is 0 Å². The minimum Gasteiger partial charge on any atom is -0.339 e. The Kier molecular flexibility index (Phi) is 2.59. The average molecular weight is 170 g/mol. The lowest BCUT2D eigenvalue weighted by Gasteiger charge is -2.22. The van der Waals surface area contributed by atoms with Crippen LogP contribution in [0.3, 0.4) is 0 Å². The van der Waals surface area contributed by atoms with E-state index in [2.05, 4.69) is 15.5 Å². The topological polar surface area (TPSA) is 72.9 Å². The van der Waals surface area contributed by atoms with E-state index >= 15 is 0 Å². The minimum absolute atomic E-state index is 0.245. The van der Waals surface area contributed by atoms with Gasteiger partial charge in [-0.1, -0.05) is 5.10 Å². The van der Waals surface area contributed by atoms with Crippen LogP contribution in [0.2, 0.25) is 0 Å². The number of likely N-dealkylation sites (N-methyl/N-ethyl adjacent to an activating group) is 1. The molecule has 0 aliphatic heterocycles. The Hall–Kier alpha value is -1.17. The highest BCUT2D eigenvalue weighted by Gasteiger charge is 2.12. The van der Waals surface area contributed by atoms with Gasteiger partial charge in [-0.05, 0) is 17.4 Å². The van der Waals surface area contributed by atoms with E-state index in [1.807, 2.05) is 18.9 Å². The van der Waals surface area contributed by atoms with Crippen LogP contribution in [-0.4, -0.2) is 39.8 Å². The van der Waals surface area contributed by atoms with Crippen LogP contribution < -0.4 is 10.6 Å². The van der Waals surface area contributed by atoms with Crippen molar-refractivity contribution in [3.05, 3.63) is 0 Å². The lowest BCUT2D eigenvalue weighted by atomic mass is 10.3. The van der Waals surface area contributed by atoms with Crippen LogP contribution >= 0.6 is 0 Å². The smallest absolute Gasteiger partial charge is 0.245 e. The molecule has 1 heterocycles. The van der Waals surface area contributed by atoms with E-state index < -0.39 is 0 Å². The van der Waals surface area contributed by atoms with Gasteiger partial charge in [0, 0.05) is 26.7 Å². The Bertz CT molecular complexity index is 244. The van der Waals surface area contributed by atoms with Gasteiger partial charge >= 0.3 is 0 Å². The SMILES string of the molecule is CC(CN)N(C)c1nnnn1C. The summed E-state index contributed by atoms with van der Waals surface area (Å²) < 4.78 is 1.62. The number of rotatable bonds is 3. The number of hydrogen-bond acceptors (Lipinski definition) is 5. The molecule has 1 unspecified atom stereocenters. The lowest BCUT2D eigenvalue weighted by molar-refractivity contribution is 0.642. The fourth-order valence-electron chi connectivity index (χ4n) is 0.879. The maximum absolute atomic E-state index is 5.51. The number of anilines is 1. The standard InChI is InChI=1S/C6H14N6/c1-5(4-7)11(2)6-8-9-10-12(6)3/h5H,4,7H2,1-3H3. The van der Waals surface area contributed by atoms with E-state index in [-0.39, 0.29) is 6.04 Å². The molecule has 0 bridgehead atoms. The molecule has 0 fully saturated rings. The molecular weight excluding hydrogens is 156 g/mol. The van der Waals surface area contributed by atoms with Gasteiger partial charge in [-0.25, -0.2) is 4.68 Å². The maximum Gasteiger partial charge on any atom is 0.245 e. The quantitative estimate of drug-likeness (QED) is 0.629. The highest BCUT2D eigenvalue weighted by atomic mass is 15.6. The predicted octanol–water partition coefficient (Wildman–Crippen LogP) is -1.01. The second-order valence-corrected chi connectivity index (χ2v) is 2.80. The van der Waals surface area contributed by atoms with E-state index in [9.17, 15) is 0 Å². The summed E-state index contributed by atoms with van der Waals surface area (Å²) in [5.41, 5.74) is 5.51. The predicted molar refractivity (Wildman–Crippen MR) is 45.7 cm³/mol. The molecule has 0 aliphatic carbocycles. The summed E-state index contributed by atoms with van der Waals surface area (Å²) in [5.74, 6) is 0.730. The molecule has 0 radical (unpaired) electrons. The third kappa shape index (κ3) is 1.53. The number of aromatic nitrogens is 4. The molecule has 1 aromatic rings. The van der Waals surface area contributed by atoms with Crippen LogP contribution in [0.25, 0.3) is 0 Å². The molecule has 0 spiro atoms. The van der Waals surface area contributed by atoms with Gasteiger partial charge in [0.1, 0.15) is 0 Å². The molecular formula is C6H14N6. The molecule has 6 nitrogen and oxygen atoms in total. The van der Waals surface area contributed by atoms with Crippen LogP contribution in [0.5, 0.6) is 0 Å². The minimum atomic E-state index is 0.245. The Morgan fingerprint density at radius 1 is 1.67 bits per heavy atom. The molecule has 2 N–H and O–H groups in total. The number of nitrogens with two attached hydrogens (primary N) is 1. The van der Waals surface area contributed by atoms with Gasteiger partial charge in [0.15, 0.2) is 0 Å². The van der Waals surface area contributed by atoms with Crippen molar-refractivity contribution >= 4 is 5.95 Å². The molecule has 0 aliphatic rings. The average Bonchev–Trinajstić information content (AvgIpc) is 2.48. The van der Waals surface area contributed by atoms with Crippen molar-refractivity contribution in [2.45, 2.75) is 13.0 Å². The van der Waals surface area contributed by atoms with Crippen LogP contribution in [0.15, 0.2) is 0 Å². The van der Waals surface area contributed by atoms with Gasteiger partial charge in [0.25, 0.3) is 0 Å². The van der Waals surface area contributed by atoms with Crippen molar-refractivity contribution in [3.63, 3.8) is 0 Å². The second kappa shape index (κ2) is 3.48. The first-order valence-corrected chi connectivity index (χ1v) is 3.82. The normalized spacial score (nSPS) is 13.0. The molecule has 1 rings (SSSR count). The molecule has 0 saturated heterocycles. The number of aryl methyl sites for hydroxylation is 1. The monoisotopic (exact) mass is 170 g/mol. The molecule has 12 heavy (non-hydrogen) atoms. The fourth-order valence-corrected chi connectivity index (χ4v) is 0.879. The zero-order valence-corrected chi connectivity index (χ0v) is 7.60. The Labute approximate surface area is 71.3 Å². The first-order valence-electron chi connectivity index (χ1n) is 3.82. The Morgan fingerprint density at radius 3 is 2.75 bits per heavy atom. The summed E-state index contributed by atoms with van der Waals surface area (Å²) in [6.45, 7) is 2.61. The molecule has 1 atom stereocenters. The van der Waals surface area contributed by atoms with Crippen LogP contribution in [0.1, 0.15) is 6.92 Å². The summed E-state index contributed by atoms with van der Waals surface area (Å²) >= 11 is 0. The van der Waals surface area contributed by atoms with E-state index in [0.29, 0.717) is 6.54 Å². The summed E-state index contributed by atoms with van der Waals surface area (Å²) in [7, 11) is 3.72. The largest absolute Gasteiger partial charge is 0.339 e. The molecule has 0 aromatic carbocycles. The Balaban J connectivity index is 2.77. The zero-order valence-electron chi connectivity index (χ0n) is 7.60.